The van der Waals surface area contributed by atoms with Crippen molar-refractivity contribution in [3.8, 4) is 6.07 Å². The maximum atomic E-state index is 11.8. The molecular formula is C14H10BrN3O6. The Hall–Kier alpha value is -2.93. The van der Waals surface area contributed by atoms with Gasteiger partial charge in [0.1, 0.15) is 6.07 Å². The van der Waals surface area contributed by atoms with Gasteiger partial charge in [0.25, 0.3) is 11.5 Å². The molecule has 9 nitrogen and oxygen atoms in total. The number of carbonyl (C=O) groups is 2. The predicted molar refractivity (Wildman–Crippen MR) is 83.5 cm³/mol. The van der Waals surface area contributed by atoms with Crippen molar-refractivity contribution >= 4 is 39.2 Å². The van der Waals surface area contributed by atoms with E-state index in [0.717, 1.165) is 12.3 Å². The number of anilines is 1. The lowest BCUT2D eigenvalue weighted by Gasteiger charge is -2.29. The van der Waals surface area contributed by atoms with Crippen molar-refractivity contribution in [2.24, 2.45) is 0 Å². The molecule has 1 aromatic rings. The summed E-state index contributed by atoms with van der Waals surface area (Å²) < 4.78 is 10.1. The summed E-state index contributed by atoms with van der Waals surface area (Å²) in [5.41, 5.74) is -0.579. The minimum Gasteiger partial charge on any atom is -0.419 e. The largest absolute Gasteiger partial charge is 0.419 e. The molecule has 1 aliphatic heterocycles. The molecule has 1 N–H and O–H groups in total. The van der Waals surface area contributed by atoms with Gasteiger partial charge < -0.3 is 14.8 Å². The highest BCUT2D eigenvalue weighted by atomic mass is 79.9. The quantitative estimate of drug-likeness (QED) is 0.271. The highest BCUT2D eigenvalue weighted by Gasteiger charge is 2.39. The molecule has 1 heterocycles. The summed E-state index contributed by atoms with van der Waals surface area (Å²) >= 11 is 3.10. The first-order chi connectivity index (χ1) is 11.1. The second-order valence-electron chi connectivity index (χ2n) is 5.10. The summed E-state index contributed by atoms with van der Waals surface area (Å²) in [6.07, 6.45) is 1.02. The van der Waals surface area contributed by atoms with Crippen LogP contribution in [0.3, 0.4) is 0 Å². The SMILES string of the molecule is CC1(C)OC(=O)C(=CNc2c(Br)cc([N+](=O)[O-])cc2C#N)C(=O)O1. The molecular weight excluding hydrogens is 386 g/mol. The third kappa shape index (κ3) is 3.52. The fourth-order valence-electron chi connectivity index (χ4n) is 1.86. The average molecular weight is 396 g/mol. The number of non-ortho nitro benzene ring substituents is 1. The number of carbonyl (C=O) groups excluding carboxylic acids is 2. The van der Waals surface area contributed by atoms with E-state index >= 15 is 0 Å². The molecule has 0 aromatic heterocycles. The Balaban J connectivity index is 2.36. The van der Waals surface area contributed by atoms with Crippen LogP contribution < -0.4 is 5.32 Å². The van der Waals surface area contributed by atoms with Gasteiger partial charge in [0.15, 0.2) is 5.57 Å². The first-order valence-electron chi connectivity index (χ1n) is 6.46. The summed E-state index contributed by atoms with van der Waals surface area (Å²) in [5.74, 6) is -3.14. The van der Waals surface area contributed by atoms with Gasteiger partial charge in [-0.15, -0.1) is 0 Å². The Kier molecular flexibility index (Phi) is 4.57. The van der Waals surface area contributed by atoms with Crippen LogP contribution in [-0.2, 0) is 19.1 Å². The van der Waals surface area contributed by atoms with Gasteiger partial charge in [0, 0.05) is 36.7 Å². The number of nitro groups is 1. The predicted octanol–water partition coefficient (Wildman–Crippen LogP) is 2.36. The molecule has 24 heavy (non-hydrogen) atoms. The number of rotatable bonds is 3. The van der Waals surface area contributed by atoms with Gasteiger partial charge in [-0.1, -0.05) is 0 Å². The third-order valence-electron chi connectivity index (χ3n) is 2.88. The van der Waals surface area contributed by atoms with Crippen LogP contribution in [0.15, 0.2) is 28.4 Å². The van der Waals surface area contributed by atoms with Crippen molar-refractivity contribution in [2.75, 3.05) is 5.32 Å². The van der Waals surface area contributed by atoms with Crippen LogP contribution in [-0.4, -0.2) is 22.6 Å². The van der Waals surface area contributed by atoms with E-state index in [9.17, 15) is 19.7 Å². The average Bonchev–Trinajstić information content (AvgIpc) is 2.45. The molecule has 2 rings (SSSR count). The molecule has 0 aliphatic carbocycles. The highest BCUT2D eigenvalue weighted by Crippen LogP contribution is 2.32. The minimum atomic E-state index is -1.36. The number of cyclic esters (lactones) is 2. The number of nitrogens with zero attached hydrogens (tertiary/aromatic N) is 2. The van der Waals surface area contributed by atoms with Gasteiger partial charge in [0.05, 0.1) is 16.2 Å². The lowest BCUT2D eigenvalue weighted by atomic mass is 10.1. The van der Waals surface area contributed by atoms with Crippen molar-refractivity contribution in [1.82, 2.24) is 0 Å². The normalized spacial score (nSPS) is 15.8. The number of hydrogen-bond donors (Lipinski definition) is 1. The van der Waals surface area contributed by atoms with Gasteiger partial charge in [-0.25, -0.2) is 9.59 Å². The molecule has 1 saturated heterocycles. The lowest BCUT2D eigenvalue weighted by Crippen LogP contribution is -2.42. The molecule has 1 aliphatic rings. The van der Waals surface area contributed by atoms with Crippen molar-refractivity contribution in [2.45, 2.75) is 19.6 Å². The standard InChI is InChI=1S/C14H10BrN3O6/c1-14(2)23-12(19)9(13(20)24-14)6-17-11-7(5-16)3-8(18(21)22)4-10(11)15/h3-4,6,17H,1-2H3. The topological polar surface area (TPSA) is 132 Å². The first-order valence-corrected chi connectivity index (χ1v) is 7.25. The van der Waals surface area contributed by atoms with Crippen molar-refractivity contribution in [1.29, 1.82) is 5.26 Å². The number of nitro benzene ring substituents is 1. The van der Waals surface area contributed by atoms with Crippen molar-refractivity contribution in [3.63, 3.8) is 0 Å². The van der Waals surface area contributed by atoms with E-state index in [1.807, 2.05) is 0 Å². The lowest BCUT2D eigenvalue weighted by molar-refractivity contribution is -0.384. The van der Waals surface area contributed by atoms with E-state index in [2.05, 4.69) is 21.2 Å². The van der Waals surface area contributed by atoms with Crippen LogP contribution in [0, 0.1) is 21.4 Å². The maximum Gasteiger partial charge on any atom is 0.350 e. The van der Waals surface area contributed by atoms with E-state index in [4.69, 9.17) is 14.7 Å². The first kappa shape index (κ1) is 17.4. The van der Waals surface area contributed by atoms with E-state index < -0.39 is 28.2 Å². The molecule has 1 aromatic carbocycles. The van der Waals surface area contributed by atoms with E-state index in [0.29, 0.717) is 0 Å². The zero-order valence-corrected chi connectivity index (χ0v) is 14.0. The number of nitriles is 1. The minimum absolute atomic E-state index is 0.0502. The number of benzene rings is 1. The molecule has 0 saturated carbocycles. The van der Waals surface area contributed by atoms with Crippen LogP contribution in [0.5, 0.6) is 0 Å². The number of esters is 2. The van der Waals surface area contributed by atoms with E-state index in [-0.39, 0.29) is 21.4 Å². The smallest absolute Gasteiger partial charge is 0.350 e. The highest BCUT2D eigenvalue weighted by molar-refractivity contribution is 9.10. The molecule has 0 radical (unpaired) electrons. The second kappa shape index (κ2) is 6.29. The van der Waals surface area contributed by atoms with Gasteiger partial charge in [-0.2, -0.15) is 5.26 Å². The molecule has 0 amide bonds. The van der Waals surface area contributed by atoms with Crippen LogP contribution in [0.1, 0.15) is 19.4 Å². The van der Waals surface area contributed by atoms with Crippen LogP contribution in [0.4, 0.5) is 11.4 Å². The molecule has 0 unspecified atom stereocenters. The van der Waals surface area contributed by atoms with Gasteiger partial charge in [-0.05, 0) is 15.9 Å². The zero-order valence-electron chi connectivity index (χ0n) is 12.5. The number of nitrogens with one attached hydrogen (secondary N) is 1. The van der Waals surface area contributed by atoms with E-state index in [1.54, 1.807) is 6.07 Å². The Labute approximate surface area is 144 Å². The molecule has 0 bridgehead atoms. The Bertz CT molecular complexity index is 803. The molecule has 124 valence electrons. The van der Waals surface area contributed by atoms with Gasteiger partial charge in [0.2, 0.25) is 0 Å². The Morgan fingerprint density at radius 3 is 2.42 bits per heavy atom. The van der Waals surface area contributed by atoms with Crippen LogP contribution in [0.2, 0.25) is 0 Å². The molecule has 0 atom stereocenters. The zero-order chi connectivity index (χ0) is 18.1. The molecule has 10 heteroatoms. The summed E-state index contributed by atoms with van der Waals surface area (Å²) in [6, 6.07) is 4.04. The Morgan fingerprint density at radius 2 is 1.92 bits per heavy atom. The summed E-state index contributed by atoms with van der Waals surface area (Å²) in [5, 5.41) is 22.5. The van der Waals surface area contributed by atoms with Crippen LogP contribution >= 0.6 is 15.9 Å². The van der Waals surface area contributed by atoms with Crippen LogP contribution in [0.25, 0.3) is 0 Å². The molecule has 1 fully saturated rings. The number of ether oxygens (including phenoxy) is 2. The maximum absolute atomic E-state index is 11.8. The number of halogens is 1. The second-order valence-corrected chi connectivity index (χ2v) is 5.95. The summed E-state index contributed by atoms with van der Waals surface area (Å²) in [6.45, 7) is 2.82. The summed E-state index contributed by atoms with van der Waals surface area (Å²) in [7, 11) is 0. The van der Waals surface area contributed by atoms with E-state index in [1.165, 1.54) is 19.9 Å². The fraction of sp³-hybridized carbons (Fsp3) is 0.214. The van der Waals surface area contributed by atoms with Gasteiger partial charge >= 0.3 is 11.9 Å². The summed E-state index contributed by atoms with van der Waals surface area (Å²) in [4.78, 5) is 33.8. The number of hydrogen-bond acceptors (Lipinski definition) is 8. The third-order valence-corrected chi connectivity index (χ3v) is 3.51. The van der Waals surface area contributed by atoms with Gasteiger partial charge in [-0.3, -0.25) is 10.1 Å². The Morgan fingerprint density at radius 1 is 1.33 bits per heavy atom. The monoisotopic (exact) mass is 395 g/mol. The van der Waals surface area contributed by atoms with Crippen molar-refractivity contribution in [3.05, 3.63) is 44.1 Å². The fourth-order valence-corrected chi connectivity index (χ4v) is 2.42. The molecule has 0 spiro atoms. The van der Waals surface area contributed by atoms with Crippen molar-refractivity contribution < 1.29 is 24.0 Å².